The van der Waals surface area contributed by atoms with E-state index in [1.807, 2.05) is 52.0 Å². The summed E-state index contributed by atoms with van der Waals surface area (Å²) in [6, 6.07) is 13.9. The number of carbonyl (C=O) groups excluding carboxylic acids is 1. The second-order valence-electron chi connectivity index (χ2n) is 8.85. The molecule has 2 aromatic heterocycles. The van der Waals surface area contributed by atoms with Crippen LogP contribution in [0.3, 0.4) is 0 Å². The summed E-state index contributed by atoms with van der Waals surface area (Å²) in [5.41, 5.74) is 1.00. The third-order valence-electron chi connectivity index (χ3n) is 4.75. The van der Waals surface area contributed by atoms with Gasteiger partial charge in [0.2, 0.25) is 5.95 Å². The van der Waals surface area contributed by atoms with E-state index in [1.165, 1.54) is 6.07 Å². The number of rotatable bonds is 8. The van der Waals surface area contributed by atoms with Crippen LogP contribution >= 0.6 is 0 Å². The number of carbonyl (C=O) groups is 1. The molecule has 0 unspecified atom stereocenters. The molecular formula is C25H27FN6O3. The minimum atomic E-state index is -0.568. The zero-order valence-corrected chi connectivity index (χ0v) is 20.0. The molecule has 2 heterocycles. The van der Waals surface area contributed by atoms with Crippen LogP contribution in [0.4, 0.5) is 16.0 Å². The fourth-order valence-electron chi connectivity index (χ4n) is 3.40. The maximum Gasteiger partial charge on any atom is 0.258 e. The maximum absolute atomic E-state index is 13.5. The highest BCUT2D eigenvalue weighted by Crippen LogP contribution is 2.31. The van der Waals surface area contributed by atoms with E-state index in [0.29, 0.717) is 46.2 Å². The van der Waals surface area contributed by atoms with Gasteiger partial charge in [-0.15, -0.1) is 0 Å². The van der Waals surface area contributed by atoms with Crippen molar-refractivity contribution < 1.29 is 18.7 Å². The van der Waals surface area contributed by atoms with Gasteiger partial charge in [-0.05, 0) is 58.0 Å². The molecule has 2 aromatic carbocycles. The van der Waals surface area contributed by atoms with E-state index in [-0.39, 0.29) is 23.9 Å². The van der Waals surface area contributed by atoms with Crippen LogP contribution in [0.25, 0.3) is 22.3 Å². The van der Waals surface area contributed by atoms with Crippen molar-refractivity contribution in [3.05, 3.63) is 54.5 Å². The average molecular weight is 479 g/mol. The summed E-state index contributed by atoms with van der Waals surface area (Å²) in [7, 11) is 0. The lowest BCUT2D eigenvalue weighted by molar-refractivity contribution is -0.124. The second-order valence-corrected chi connectivity index (χ2v) is 8.85. The van der Waals surface area contributed by atoms with Crippen LogP contribution in [-0.2, 0) is 4.79 Å². The first-order chi connectivity index (χ1) is 16.7. The Labute approximate surface area is 202 Å². The first-order valence-electron chi connectivity index (χ1n) is 11.2. The monoisotopic (exact) mass is 478 g/mol. The number of nitrogens with one attached hydrogen (secondary N) is 3. The number of ether oxygens (including phenoxy) is 2. The van der Waals surface area contributed by atoms with Crippen LogP contribution in [0.1, 0.15) is 27.7 Å². The number of benzene rings is 2. The number of aromatic amines is 1. The number of fused-ring (bicyclic) bond motifs is 1. The zero-order valence-electron chi connectivity index (χ0n) is 20.0. The Kier molecular flexibility index (Phi) is 6.81. The summed E-state index contributed by atoms with van der Waals surface area (Å²) in [5, 5.41) is 12.8. The first-order valence-corrected chi connectivity index (χ1v) is 11.2. The second kappa shape index (κ2) is 9.96. The Morgan fingerprint density at radius 1 is 1.06 bits per heavy atom. The number of aromatic nitrogens is 4. The SMILES string of the molecule is CCOc1ccc2nc(-c3cccc(OCC(=O)NC(C)(C)C)c3)nc(Nc3cc(F)[nH]n3)c2c1. The molecule has 0 aliphatic carbocycles. The zero-order chi connectivity index (χ0) is 25.0. The van der Waals surface area contributed by atoms with Gasteiger partial charge in [-0.25, -0.2) is 9.97 Å². The van der Waals surface area contributed by atoms with E-state index in [9.17, 15) is 9.18 Å². The molecular weight excluding hydrogens is 451 g/mol. The van der Waals surface area contributed by atoms with Crippen molar-refractivity contribution in [2.24, 2.45) is 0 Å². The van der Waals surface area contributed by atoms with Crippen LogP contribution in [-0.4, -0.2) is 44.8 Å². The van der Waals surface area contributed by atoms with E-state index in [4.69, 9.17) is 14.5 Å². The van der Waals surface area contributed by atoms with Crippen LogP contribution in [0.15, 0.2) is 48.5 Å². The molecule has 0 aliphatic rings. The van der Waals surface area contributed by atoms with Gasteiger partial charge in [-0.1, -0.05) is 12.1 Å². The van der Waals surface area contributed by atoms with E-state index in [1.54, 1.807) is 18.2 Å². The minimum absolute atomic E-state index is 0.114. The van der Waals surface area contributed by atoms with Gasteiger partial charge in [0.1, 0.15) is 17.3 Å². The lowest BCUT2D eigenvalue weighted by atomic mass is 10.1. The molecule has 3 N–H and O–H groups in total. The predicted molar refractivity (Wildman–Crippen MR) is 131 cm³/mol. The predicted octanol–water partition coefficient (Wildman–Crippen LogP) is 4.59. The Bertz CT molecular complexity index is 1350. The molecule has 10 heteroatoms. The van der Waals surface area contributed by atoms with Gasteiger partial charge in [0, 0.05) is 22.6 Å². The number of H-pyrrole nitrogens is 1. The molecule has 4 aromatic rings. The Hall–Kier alpha value is -4.21. The summed E-state index contributed by atoms with van der Waals surface area (Å²) < 4.78 is 24.8. The number of hydrogen-bond acceptors (Lipinski definition) is 7. The highest BCUT2D eigenvalue weighted by atomic mass is 19.1. The van der Waals surface area contributed by atoms with Crippen LogP contribution in [0.2, 0.25) is 0 Å². The van der Waals surface area contributed by atoms with Gasteiger partial charge < -0.3 is 20.1 Å². The lowest BCUT2D eigenvalue weighted by Crippen LogP contribution is -2.43. The minimum Gasteiger partial charge on any atom is -0.494 e. The summed E-state index contributed by atoms with van der Waals surface area (Å²) >= 11 is 0. The van der Waals surface area contributed by atoms with Crippen molar-refractivity contribution in [3.8, 4) is 22.9 Å². The number of anilines is 2. The molecule has 0 radical (unpaired) electrons. The highest BCUT2D eigenvalue weighted by molar-refractivity contribution is 5.93. The topological polar surface area (TPSA) is 114 Å². The number of halogens is 1. The Morgan fingerprint density at radius 2 is 1.86 bits per heavy atom. The third-order valence-corrected chi connectivity index (χ3v) is 4.75. The molecule has 1 amide bonds. The molecule has 0 saturated heterocycles. The van der Waals surface area contributed by atoms with Crippen molar-refractivity contribution in [2.45, 2.75) is 33.2 Å². The van der Waals surface area contributed by atoms with E-state index in [0.717, 1.165) is 0 Å². The van der Waals surface area contributed by atoms with Gasteiger partial charge in [-0.3, -0.25) is 9.89 Å². The number of nitrogens with zero attached hydrogens (tertiary/aromatic N) is 3. The van der Waals surface area contributed by atoms with Gasteiger partial charge in [0.25, 0.3) is 5.91 Å². The Morgan fingerprint density at radius 3 is 2.57 bits per heavy atom. The average Bonchev–Trinajstić information content (AvgIpc) is 3.21. The summed E-state index contributed by atoms with van der Waals surface area (Å²) in [6.07, 6.45) is 0. The molecule has 0 aliphatic heterocycles. The highest BCUT2D eigenvalue weighted by Gasteiger charge is 2.15. The van der Waals surface area contributed by atoms with Crippen molar-refractivity contribution in [2.75, 3.05) is 18.5 Å². The van der Waals surface area contributed by atoms with Gasteiger partial charge in [0.05, 0.1) is 12.1 Å². The van der Waals surface area contributed by atoms with Crippen molar-refractivity contribution in [1.82, 2.24) is 25.5 Å². The fourth-order valence-corrected chi connectivity index (χ4v) is 3.40. The molecule has 0 atom stereocenters. The van der Waals surface area contributed by atoms with Gasteiger partial charge >= 0.3 is 0 Å². The molecule has 0 fully saturated rings. The first kappa shape index (κ1) is 23.9. The quantitative estimate of drug-likeness (QED) is 0.339. The smallest absolute Gasteiger partial charge is 0.258 e. The number of hydrogen-bond donors (Lipinski definition) is 3. The standard InChI is InChI=1S/C25H27FN6O3/c1-5-34-17-9-10-19-18(12-17)24(28-21-13-20(26)31-32-21)29-23(27-19)15-7-6-8-16(11-15)35-14-22(33)30-25(2,3)4/h6-13H,5,14H2,1-4H3,(H,30,33)(H2,27,28,29,31,32). The fraction of sp³-hybridized carbons (Fsp3) is 0.280. The summed E-state index contributed by atoms with van der Waals surface area (Å²) in [6.45, 7) is 8.02. The summed E-state index contributed by atoms with van der Waals surface area (Å²) in [5.74, 6) is 1.52. The maximum atomic E-state index is 13.5. The van der Waals surface area contributed by atoms with Crippen molar-refractivity contribution in [3.63, 3.8) is 0 Å². The van der Waals surface area contributed by atoms with E-state index >= 15 is 0 Å². The van der Waals surface area contributed by atoms with Crippen LogP contribution in [0.5, 0.6) is 11.5 Å². The normalized spacial score (nSPS) is 11.3. The molecule has 35 heavy (non-hydrogen) atoms. The third kappa shape index (κ3) is 6.23. The van der Waals surface area contributed by atoms with Gasteiger partial charge in [0.15, 0.2) is 18.2 Å². The molecule has 0 spiro atoms. The number of amides is 1. The van der Waals surface area contributed by atoms with Crippen molar-refractivity contribution >= 4 is 28.4 Å². The summed E-state index contributed by atoms with van der Waals surface area (Å²) in [4.78, 5) is 21.5. The molecule has 0 bridgehead atoms. The van der Waals surface area contributed by atoms with Crippen LogP contribution < -0.4 is 20.1 Å². The van der Waals surface area contributed by atoms with Gasteiger partial charge in [-0.2, -0.15) is 9.49 Å². The molecule has 182 valence electrons. The lowest BCUT2D eigenvalue weighted by Gasteiger charge is -2.20. The van der Waals surface area contributed by atoms with Crippen LogP contribution in [0, 0.1) is 5.95 Å². The molecule has 0 saturated carbocycles. The largest absolute Gasteiger partial charge is 0.494 e. The molecule has 9 nitrogen and oxygen atoms in total. The van der Waals surface area contributed by atoms with E-state index in [2.05, 4.69) is 25.8 Å². The van der Waals surface area contributed by atoms with E-state index < -0.39 is 5.95 Å². The Balaban J connectivity index is 1.66. The van der Waals surface area contributed by atoms with Crippen molar-refractivity contribution in [1.29, 1.82) is 0 Å². The molecule has 4 rings (SSSR count).